The Bertz CT molecular complexity index is 1600. The fourth-order valence-electron chi connectivity index (χ4n) is 5.11. The van der Waals surface area contributed by atoms with E-state index in [0.29, 0.717) is 43.8 Å². The minimum Gasteiger partial charge on any atom is -0.456 e. The quantitative estimate of drug-likeness (QED) is 0.259. The number of hydrogen-bond acceptors (Lipinski definition) is 7. The second-order valence-corrected chi connectivity index (χ2v) is 10.5. The smallest absolute Gasteiger partial charge is 0.332 e. The molecule has 1 aliphatic carbocycles. The van der Waals surface area contributed by atoms with Crippen LogP contribution in [-0.2, 0) is 4.79 Å². The van der Waals surface area contributed by atoms with E-state index in [4.69, 9.17) is 4.74 Å². The summed E-state index contributed by atoms with van der Waals surface area (Å²) in [6.07, 6.45) is 7.83. The van der Waals surface area contributed by atoms with Crippen LogP contribution in [0.15, 0.2) is 73.6 Å². The molecule has 2 aliphatic rings. The molecule has 0 spiro atoms. The van der Waals surface area contributed by atoms with Gasteiger partial charge in [-0.2, -0.15) is 0 Å². The van der Waals surface area contributed by atoms with Crippen LogP contribution in [0.2, 0.25) is 0 Å². The fraction of sp³-hybridized carbons (Fsp3) is 0.207. The molecule has 1 saturated carbocycles. The molecule has 3 N–H and O–H groups in total. The number of thiophene rings is 1. The van der Waals surface area contributed by atoms with Crippen molar-refractivity contribution in [3.63, 3.8) is 0 Å². The zero-order valence-electron chi connectivity index (χ0n) is 21.4. The average Bonchev–Trinajstić information content (AvgIpc) is 3.35. The van der Waals surface area contributed by atoms with Crippen LogP contribution in [0.5, 0.6) is 11.5 Å². The fourth-order valence-corrected chi connectivity index (χ4v) is 6.14. The van der Waals surface area contributed by atoms with Gasteiger partial charge in [0, 0.05) is 18.3 Å². The molecule has 40 heavy (non-hydrogen) atoms. The summed E-state index contributed by atoms with van der Waals surface area (Å²) in [4.78, 5) is 50.2. The lowest BCUT2D eigenvalue weighted by Crippen LogP contribution is -2.52. The highest BCUT2D eigenvalue weighted by Crippen LogP contribution is 2.45. The average molecular weight is 555 g/mol. The van der Waals surface area contributed by atoms with Crippen molar-refractivity contribution < 1.29 is 19.1 Å². The number of urea groups is 1. The number of aromatic nitrogens is 2. The molecule has 10 nitrogen and oxygen atoms in total. The normalized spacial score (nSPS) is 18.1. The van der Waals surface area contributed by atoms with Gasteiger partial charge in [-0.15, -0.1) is 11.3 Å². The van der Waals surface area contributed by atoms with Crippen LogP contribution in [0.25, 0.3) is 10.2 Å². The van der Waals surface area contributed by atoms with Crippen LogP contribution < -0.4 is 25.6 Å². The third-order valence-electron chi connectivity index (χ3n) is 6.98. The van der Waals surface area contributed by atoms with E-state index >= 15 is 0 Å². The highest BCUT2D eigenvalue weighted by molar-refractivity contribution is 7.21. The number of amides is 4. The predicted octanol–water partition coefficient (Wildman–Crippen LogP) is 5.51. The molecule has 0 bridgehead atoms. The van der Waals surface area contributed by atoms with Crippen molar-refractivity contribution >= 4 is 56.6 Å². The van der Waals surface area contributed by atoms with E-state index in [0.717, 1.165) is 25.7 Å². The first-order chi connectivity index (χ1) is 19.5. The summed E-state index contributed by atoms with van der Waals surface area (Å²) >= 11 is 1.21. The van der Waals surface area contributed by atoms with Gasteiger partial charge in [0.25, 0.3) is 5.91 Å². The lowest BCUT2D eigenvalue weighted by atomic mass is 9.90. The summed E-state index contributed by atoms with van der Waals surface area (Å²) in [6, 6.07) is 13.7. The second-order valence-electron chi connectivity index (χ2n) is 9.53. The molecule has 11 heteroatoms. The Balaban J connectivity index is 1.27. The Morgan fingerprint density at radius 3 is 2.52 bits per heavy atom. The molecule has 1 aromatic carbocycles. The molecule has 3 aromatic heterocycles. The molecule has 4 amide bonds. The lowest BCUT2D eigenvalue weighted by molar-refractivity contribution is -0.117. The molecule has 1 fully saturated rings. The van der Waals surface area contributed by atoms with Gasteiger partial charge in [0.15, 0.2) is 0 Å². The van der Waals surface area contributed by atoms with Gasteiger partial charge in [-0.1, -0.05) is 37.6 Å². The monoisotopic (exact) mass is 554 g/mol. The Kier molecular flexibility index (Phi) is 6.87. The molecule has 4 heterocycles. The third kappa shape index (κ3) is 4.87. The van der Waals surface area contributed by atoms with Crippen LogP contribution in [-0.4, -0.2) is 39.9 Å². The molecular formula is C29H26N6O4S. The molecule has 2 atom stereocenters. The van der Waals surface area contributed by atoms with Crippen LogP contribution in [0.3, 0.4) is 0 Å². The minimum atomic E-state index is -0.439. The van der Waals surface area contributed by atoms with Gasteiger partial charge in [-0.3, -0.25) is 9.59 Å². The van der Waals surface area contributed by atoms with Gasteiger partial charge in [-0.25, -0.2) is 19.7 Å². The van der Waals surface area contributed by atoms with Crippen LogP contribution in [0, 0.1) is 0 Å². The number of rotatable bonds is 7. The number of para-hydroxylation sites is 1. The van der Waals surface area contributed by atoms with Crippen molar-refractivity contribution in [1.29, 1.82) is 0 Å². The molecular weight excluding hydrogens is 528 g/mol. The number of ether oxygens (including phenoxy) is 1. The maximum Gasteiger partial charge on any atom is 0.332 e. The molecule has 0 unspecified atom stereocenters. The maximum absolute atomic E-state index is 13.5. The Morgan fingerprint density at radius 1 is 1.02 bits per heavy atom. The highest BCUT2D eigenvalue weighted by Gasteiger charge is 2.35. The topological polar surface area (TPSA) is 126 Å². The van der Waals surface area contributed by atoms with Crippen LogP contribution in [0.4, 0.5) is 22.0 Å². The van der Waals surface area contributed by atoms with Gasteiger partial charge in [0.05, 0.1) is 23.0 Å². The number of nitrogens with zero attached hydrogens (tertiary/aromatic N) is 3. The first-order valence-electron chi connectivity index (χ1n) is 13.0. The first kappa shape index (κ1) is 25.5. The number of benzene rings is 1. The minimum absolute atomic E-state index is 0.187. The summed E-state index contributed by atoms with van der Waals surface area (Å²) < 4.78 is 5.83. The van der Waals surface area contributed by atoms with Crippen molar-refractivity contribution in [3.8, 4) is 11.5 Å². The van der Waals surface area contributed by atoms with E-state index in [1.54, 1.807) is 30.6 Å². The second kappa shape index (κ2) is 10.8. The molecule has 0 radical (unpaired) electrons. The first-order valence-corrected chi connectivity index (χ1v) is 13.8. The third-order valence-corrected chi connectivity index (χ3v) is 8.07. The Hall–Kier alpha value is -4.77. The zero-order valence-corrected chi connectivity index (χ0v) is 22.2. The largest absolute Gasteiger partial charge is 0.456 e. The number of anilines is 3. The molecule has 1 aliphatic heterocycles. The van der Waals surface area contributed by atoms with Crippen molar-refractivity contribution in [1.82, 2.24) is 20.6 Å². The van der Waals surface area contributed by atoms with Crippen molar-refractivity contribution in [3.05, 3.63) is 78.5 Å². The number of carbonyl (C=O) groups excluding carboxylic acids is 3. The molecule has 4 aromatic rings. The van der Waals surface area contributed by atoms with Gasteiger partial charge in [0.1, 0.15) is 27.0 Å². The van der Waals surface area contributed by atoms with Crippen molar-refractivity contribution in [2.45, 2.75) is 37.8 Å². The number of nitrogens with one attached hydrogen (secondary N) is 3. The molecule has 202 valence electrons. The van der Waals surface area contributed by atoms with Gasteiger partial charge < -0.3 is 20.7 Å². The van der Waals surface area contributed by atoms with Gasteiger partial charge in [-0.05, 0) is 49.2 Å². The van der Waals surface area contributed by atoms with Crippen LogP contribution in [0.1, 0.15) is 35.4 Å². The van der Waals surface area contributed by atoms with E-state index < -0.39 is 6.03 Å². The predicted molar refractivity (Wildman–Crippen MR) is 153 cm³/mol. The lowest BCUT2D eigenvalue weighted by Gasteiger charge is -2.32. The maximum atomic E-state index is 13.5. The Morgan fingerprint density at radius 2 is 1.80 bits per heavy atom. The molecule has 0 saturated heterocycles. The van der Waals surface area contributed by atoms with E-state index in [2.05, 4.69) is 32.5 Å². The number of pyridine rings is 2. The van der Waals surface area contributed by atoms with Crippen molar-refractivity contribution in [2.24, 2.45) is 0 Å². The number of carbonyl (C=O) groups is 3. The SMILES string of the molecule is C=CC(=O)N[C@H]1CCCC[C@H]1NC(=O)c1sc2nccc3c2c1NC(=O)N3c1ccc(Oc2ccccc2)cn1. The van der Waals surface area contributed by atoms with E-state index in [-0.39, 0.29) is 23.9 Å². The summed E-state index contributed by atoms with van der Waals surface area (Å²) in [5, 5.41) is 9.57. The van der Waals surface area contributed by atoms with E-state index in [1.807, 2.05) is 30.3 Å². The highest BCUT2D eigenvalue weighted by atomic mass is 32.1. The summed E-state index contributed by atoms with van der Waals surface area (Å²) in [6.45, 7) is 3.52. The number of hydrogen-bond donors (Lipinski definition) is 3. The van der Waals surface area contributed by atoms with Gasteiger partial charge in [0.2, 0.25) is 5.91 Å². The molecule has 6 rings (SSSR count). The standard InChI is InChI=1S/C29H26N6O4S/c1-2-23(36)32-19-10-6-7-11-20(19)33-27(37)26-25-24-21(14-15-30-28(24)40-26)35(29(38)34-25)22-13-12-18(16-31-22)39-17-8-4-3-5-9-17/h2-5,8-9,12-16,19-20H,1,6-7,10-11H2,(H,32,36)(H,33,37)(H,34,38)/t19-,20+/m0/s1. The summed E-state index contributed by atoms with van der Waals surface area (Å²) in [5.74, 6) is 1.03. The van der Waals surface area contributed by atoms with E-state index in [9.17, 15) is 14.4 Å². The van der Waals surface area contributed by atoms with E-state index in [1.165, 1.54) is 22.3 Å². The van der Waals surface area contributed by atoms with Crippen molar-refractivity contribution in [2.75, 3.05) is 10.2 Å². The summed E-state index contributed by atoms with van der Waals surface area (Å²) in [7, 11) is 0. The summed E-state index contributed by atoms with van der Waals surface area (Å²) in [5.41, 5.74) is 1.01. The zero-order chi connectivity index (χ0) is 27.6. The van der Waals surface area contributed by atoms with Crippen LogP contribution >= 0.6 is 11.3 Å². The van der Waals surface area contributed by atoms with Gasteiger partial charge >= 0.3 is 6.03 Å². The Labute approximate surface area is 234 Å².